The Bertz CT molecular complexity index is 702. The molecule has 22 heavy (non-hydrogen) atoms. The Morgan fingerprint density at radius 2 is 1.82 bits per heavy atom. The Hall–Kier alpha value is -2.28. The summed E-state index contributed by atoms with van der Waals surface area (Å²) in [5, 5.41) is 3.35. The van der Waals surface area contributed by atoms with Crippen molar-refractivity contribution in [2.24, 2.45) is 0 Å². The van der Waals surface area contributed by atoms with Crippen LogP contribution in [0.2, 0.25) is 0 Å². The zero-order chi connectivity index (χ0) is 16.3. The molecule has 0 unspecified atom stereocenters. The topological polar surface area (TPSA) is 12.0 Å². The van der Waals surface area contributed by atoms with Crippen molar-refractivity contribution in [1.82, 2.24) is 0 Å². The van der Waals surface area contributed by atoms with Gasteiger partial charge < -0.3 is 5.32 Å². The number of hydrogen-bond acceptors (Lipinski definition) is 1. The van der Waals surface area contributed by atoms with Gasteiger partial charge in [0.05, 0.1) is 0 Å². The van der Waals surface area contributed by atoms with Crippen molar-refractivity contribution >= 4 is 11.8 Å². The van der Waals surface area contributed by atoms with Crippen molar-refractivity contribution in [3.05, 3.63) is 72.4 Å². The normalized spacial score (nSPS) is 11.1. The van der Waals surface area contributed by atoms with E-state index in [4.69, 9.17) is 0 Å². The molecule has 0 spiro atoms. The lowest BCUT2D eigenvalue weighted by Gasteiger charge is -2.21. The van der Waals surface area contributed by atoms with Crippen molar-refractivity contribution in [3.63, 3.8) is 0 Å². The maximum atomic E-state index is 3.95. The molecule has 0 aromatic heterocycles. The van der Waals surface area contributed by atoms with E-state index in [1.54, 1.807) is 0 Å². The lowest BCUT2D eigenvalue weighted by Crippen LogP contribution is -2.10. The number of anilines is 1. The molecule has 0 fully saturated rings. The van der Waals surface area contributed by atoms with Gasteiger partial charge >= 0.3 is 0 Å². The molecule has 0 amide bonds. The van der Waals surface area contributed by atoms with Crippen molar-refractivity contribution < 1.29 is 0 Å². The van der Waals surface area contributed by atoms with Gasteiger partial charge in [-0.2, -0.15) is 0 Å². The monoisotopic (exact) mass is 291 g/mol. The van der Waals surface area contributed by atoms with E-state index in [2.05, 4.69) is 81.7 Å². The van der Waals surface area contributed by atoms with E-state index in [1.807, 2.05) is 13.0 Å². The standard InChI is InChI=1S/C21H25N/c1-7-16-11-12-20(22-15(2)3)19(13-16)17-9-8-10-18(14-17)21(4,5)6/h7-14,22H,1-2H2,3-6H3. The van der Waals surface area contributed by atoms with E-state index in [-0.39, 0.29) is 5.41 Å². The zero-order valence-electron chi connectivity index (χ0n) is 14.0. The SMILES string of the molecule is C=Cc1ccc(NC(=C)C)c(-c2cccc(C(C)(C)C)c2)c1. The summed E-state index contributed by atoms with van der Waals surface area (Å²) in [6.45, 7) is 16.5. The molecule has 0 heterocycles. The molecule has 1 heteroatoms. The summed E-state index contributed by atoms with van der Waals surface area (Å²) >= 11 is 0. The van der Waals surface area contributed by atoms with Gasteiger partial charge in [0.2, 0.25) is 0 Å². The van der Waals surface area contributed by atoms with Gasteiger partial charge in [0, 0.05) is 16.9 Å². The number of benzene rings is 2. The predicted octanol–water partition coefficient (Wildman–Crippen LogP) is 6.24. The summed E-state index contributed by atoms with van der Waals surface area (Å²) in [5.74, 6) is 0. The van der Waals surface area contributed by atoms with Crippen LogP contribution >= 0.6 is 0 Å². The number of nitrogens with one attached hydrogen (secondary N) is 1. The summed E-state index contributed by atoms with van der Waals surface area (Å²) in [4.78, 5) is 0. The van der Waals surface area contributed by atoms with E-state index < -0.39 is 0 Å². The van der Waals surface area contributed by atoms with Crippen LogP contribution in [0.25, 0.3) is 17.2 Å². The zero-order valence-corrected chi connectivity index (χ0v) is 14.0. The molecule has 2 rings (SSSR count). The Labute approximate surface area is 134 Å². The molecule has 114 valence electrons. The highest BCUT2D eigenvalue weighted by molar-refractivity contribution is 5.81. The van der Waals surface area contributed by atoms with Gasteiger partial charge in [0.1, 0.15) is 0 Å². The molecule has 0 aliphatic rings. The largest absolute Gasteiger partial charge is 0.359 e. The molecule has 1 nitrogen and oxygen atoms in total. The highest BCUT2D eigenvalue weighted by Crippen LogP contribution is 2.33. The Balaban J connectivity index is 2.59. The van der Waals surface area contributed by atoms with Crippen LogP contribution in [0.1, 0.15) is 38.8 Å². The molecule has 0 bridgehead atoms. The van der Waals surface area contributed by atoms with Crippen LogP contribution in [0.5, 0.6) is 0 Å². The van der Waals surface area contributed by atoms with Gasteiger partial charge in [-0.25, -0.2) is 0 Å². The van der Waals surface area contributed by atoms with Crippen molar-refractivity contribution in [2.45, 2.75) is 33.1 Å². The van der Waals surface area contributed by atoms with Crippen LogP contribution in [-0.2, 0) is 5.41 Å². The Kier molecular flexibility index (Phi) is 4.56. The van der Waals surface area contributed by atoms with Gasteiger partial charge in [-0.3, -0.25) is 0 Å². The summed E-state index contributed by atoms with van der Waals surface area (Å²) in [5.41, 5.74) is 6.96. The lowest BCUT2D eigenvalue weighted by molar-refractivity contribution is 0.590. The average Bonchev–Trinajstić information content (AvgIpc) is 2.46. The smallest absolute Gasteiger partial charge is 0.0461 e. The van der Waals surface area contributed by atoms with Crippen molar-refractivity contribution in [3.8, 4) is 11.1 Å². The van der Waals surface area contributed by atoms with E-state index in [9.17, 15) is 0 Å². The first-order valence-corrected chi connectivity index (χ1v) is 7.61. The molecular weight excluding hydrogens is 266 g/mol. The number of hydrogen-bond donors (Lipinski definition) is 1. The summed E-state index contributed by atoms with van der Waals surface area (Å²) in [6.07, 6.45) is 1.88. The lowest BCUT2D eigenvalue weighted by atomic mass is 9.85. The van der Waals surface area contributed by atoms with E-state index in [0.717, 1.165) is 16.9 Å². The maximum absolute atomic E-state index is 3.95. The molecule has 2 aromatic rings. The van der Waals surface area contributed by atoms with Gasteiger partial charge in [-0.05, 0) is 41.2 Å². The van der Waals surface area contributed by atoms with E-state index >= 15 is 0 Å². The number of allylic oxidation sites excluding steroid dienone is 1. The highest BCUT2D eigenvalue weighted by Gasteiger charge is 2.15. The molecule has 0 aliphatic heterocycles. The van der Waals surface area contributed by atoms with Gasteiger partial charge in [0.15, 0.2) is 0 Å². The minimum atomic E-state index is 0.133. The van der Waals surface area contributed by atoms with Gasteiger partial charge in [-0.1, -0.05) is 70.3 Å². The van der Waals surface area contributed by atoms with Crippen LogP contribution in [0, 0.1) is 0 Å². The van der Waals surface area contributed by atoms with Gasteiger partial charge in [-0.15, -0.1) is 0 Å². The second-order valence-electron chi connectivity index (χ2n) is 6.75. The Morgan fingerprint density at radius 3 is 2.41 bits per heavy atom. The van der Waals surface area contributed by atoms with E-state index in [1.165, 1.54) is 16.7 Å². The summed E-state index contributed by atoms with van der Waals surface area (Å²) in [7, 11) is 0. The van der Waals surface area contributed by atoms with Crippen molar-refractivity contribution in [2.75, 3.05) is 5.32 Å². The highest BCUT2D eigenvalue weighted by atomic mass is 14.9. The summed E-state index contributed by atoms with van der Waals surface area (Å²) < 4.78 is 0. The quantitative estimate of drug-likeness (QED) is 0.703. The molecular formula is C21H25N. The predicted molar refractivity (Wildman–Crippen MR) is 99.1 cm³/mol. The average molecular weight is 291 g/mol. The van der Waals surface area contributed by atoms with E-state index in [0.29, 0.717) is 0 Å². The van der Waals surface area contributed by atoms with Crippen LogP contribution < -0.4 is 5.32 Å². The van der Waals surface area contributed by atoms with Crippen LogP contribution in [0.4, 0.5) is 5.69 Å². The third-order valence-corrected chi connectivity index (χ3v) is 3.67. The first-order chi connectivity index (χ1) is 10.3. The maximum Gasteiger partial charge on any atom is 0.0461 e. The summed E-state index contributed by atoms with van der Waals surface area (Å²) in [6, 6.07) is 15.1. The fraction of sp³-hybridized carbons (Fsp3) is 0.238. The van der Waals surface area contributed by atoms with Crippen LogP contribution in [0.3, 0.4) is 0 Å². The van der Waals surface area contributed by atoms with Gasteiger partial charge in [0.25, 0.3) is 0 Å². The first-order valence-electron chi connectivity index (χ1n) is 7.61. The fourth-order valence-corrected chi connectivity index (χ4v) is 2.42. The molecule has 0 atom stereocenters. The molecule has 0 aliphatic carbocycles. The Morgan fingerprint density at radius 1 is 1.09 bits per heavy atom. The molecule has 2 aromatic carbocycles. The minimum absolute atomic E-state index is 0.133. The van der Waals surface area contributed by atoms with Crippen LogP contribution in [0.15, 0.2) is 61.3 Å². The molecule has 1 N–H and O–H groups in total. The fourth-order valence-electron chi connectivity index (χ4n) is 2.42. The molecule has 0 saturated carbocycles. The van der Waals surface area contributed by atoms with Crippen LogP contribution in [-0.4, -0.2) is 0 Å². The number of rotatable bonds is 4. The second kappa shape index (κ2) is 6.23. The van der Waals surface area contributed by atoms with Crippen molar-refractivity contribution in [1.29, 1.82) is 0 Å². The third kappa shape index (κ3) is 3.67. The second-order valence-corrected chi connectivity index (χ2v) is 6.75. The first kappa shape index (κ1) is 16.1. The minimum Gasteiger partial charge on any atom is -0.359 e. The molecule has 0 saturated heterocycles. The third-order valence-electron chi connectivity index (χ3n) is 3.67. The molecule has 0 radical (unpaired) electrons.